The van der Waals surface area contributed by atoms with Crippen LogP contribution in [0.2, 0.25) is 0 Å². The van der Waals surface area contributed by atoms with Crippen LogP contribution in [0, 0.1) is 6.92 Å². The van der Waals surface area contributed by atoms with Gasteiger partial charge in [0.15, 0.2) is 0 Å². The van der Waals surface area contributed by atoms with Gasteiger partial charge >= 0.3 is 25.4 Å². The molecule has 30 heavy (non-hydrogen) atoms. The summed E-state index contributed by atoms with van der Waals surface area (Å²) in [5.74, 6) is 0.0637. The van der Waals surface area contributed by atoms with Crippen LogP contribution >= 0.6 is 20.8 Å². The number of nitrogens with two attached hydrogens (primary N) is 1. The fourth-order valence-electron chi connectivity index (χ4n) is 2.35. The van der Waals surface area contributed by atoms with Crippen LogP contribution in [-0.4, -0.2) is 47.2 Å². The second kappa shape index (κ2) is 8.97. The van der Waals surface area contributed by atoms with Gasteiger partial charge < -0.3 is 34.6 Å². The lowest BCUT2D eigenvalue weighted by atomic mass is 10.2. The molecule has 6 N–H and O–H groups in total. The third-order valence-corrected chi connectivity index (χ3v) is 11.1. The smallest absolute Gasteiger partial charge is 0.383 e. The second-order valence-electron chi connectivity index (χ2n) is 6.21. The number of nitrogen functional groups attached to an aromatic ring is 1. The molecule has 1 saturated heterocycles. The van der Waals surface area contributed by atoms with Gasteiger partial charge in [0.2, 0.25) is 0 Å². The van der Waals surface area contributed by atoms with Crippen LogP contribution in [0.5, 0.6) is 0 Å². The molecule has 1 aromatic rings. The fraction of sp³-hybridized carbons (Fsp3) is 0.636. The van der Waals surface area contributed by atoms with Crippen LogP contribution < -0.4 is 11.4 Å². The summed E-state index contributed by atoms with van der Waals surface area (Å²) < 4.78 is 54.5. The molecule has 1 fully saturated rings. The van der Waals surface area contributed by atoms with Crippen molar-refractivity contribution < 1.29 is 46.5 Å². The van der Waals surface area contributed by atoms with Crippen molar-refractivity contribution in [2.45, 2.75) is 37.5 Å². The lowest BCUT2D eigenvalue weighted by molar-refractivity contribution is -0.0218. The molecule has 2 heterocycles. The standard InChI is InChI=1S/C11H18F2N3O9P3S2/c1-6-4-16(10(17)15-9(6)14)8-3-2-7(24-8)5-23-28(22,30)25-26(18,19)11(12,13)27(20,21)29/h4,7-8H,2-3,5H2,1H3,(H,18,19)(H,22,30)(H2,14,15,17)(H2,20,21,29)/t7-,8+,28?/m0/s1. The van der Waals surface area contributed by atoms with Gasteiger partial charge in [0.05, 0.1) is 12.7 Å². The Morgan fingerprint density at radius 3 is 2.53 bits per heavy atom. The van der Waals surface area contributed by atoms with Crippen molar-refractivity contribution >= 4 is 50.2 Å². The summed E-state index contributed by atoms with van der Waals surface area (Å²) in [6, 6.07) is 0. The van der Waals surface area contributed by atoms with Gasteiger partial charge in [-0.05, 0) is 43.4 Å². The Bertz CT molecular complexity index is 1020. The molecule has 0 bridgehead atoms. The molecule has 1 aliphatic rings. The topological polar surface area (TPSA) is 187 Å². The maximum Gasteiger partial charge on any atom is 0.417 e. The molecule has 172 valence electrons. The Labute approximate surface area is 178 Å². The molecule has 1 aliphatic heterocycles. The van der Waals surface area contributed by atoms with Gasteiger partial charge in [0, 0.05) is 11.8 Å². The minimum Gasteiger partial charge on any atom is -0.383 e. The normalized spacial score (nSPS) is 24.4. The van der Waals surface area contributed by atoms with Gasteiger partial charge in [-0.2, -0.15) is 13.8 Å². The van der Waals surface area contributed by atoms with E-state index in [1.807, 2.05) is 0 Å². The van der Waals surface area contributed by atoms with Gasteiger partial charge in [-0.1, -0.05) is 0 Å². The SMILES string of the molecule is Cc1cn([C@H]2CC[C@@H](COP(O)(=S)OP(=O)(O)C(F)(F)P(O)(O)=S)O2)c(=O)nc1N. The summed E-state index contributed by atoms with van der Waals surface area (Å²) in [5, 5.41) is -5.14. The lowest BCUT2D eigenvalue weighted by Crippen LogP contribution is -2.28. The summed E-state index contributed by atoms with van der Waals surface area (Å²) in [6.45, 7) is -9.21. The van der Waals surface area contributed by atoms with E-state index >= 15 is 0 Å². The molecule has 2 rings (SSSR count). The molecular formula is C11H18F2N3O9P3S2. The van der Waals surface area contributed by atoms with E-state index in [0.717, 1.165) is 0 Å². The van der Waals surface area contributed by atoms with E-state index in [1.54, 1.807) is 6.92 Å². The van der Waals surface area contributed by atoms with E-state index in [4.69, 9.17) is 24.8 Å². The van der Waals surface area contributed by atoms with Gasteiger partial charge in [-0.15, -0.1) is 0 Å². The average Bonchev–Trinajstić information content (AvgIpc) is 3.03. The van der Waals surface area contributed by atoms with E-state index in [-0.39, 0.29) is 12.2 Å². The highest BCUT2D eigenvalue weighted by Crippen LogP contribution is 2.77. The first kappa shape index (κ1) is 26.0. The summed E-state index contributed by atoms with van der Waals surface area (Å²) in [7, 11) is -6.20. The number of aryl methyl sites for hydroxylation is 1. The van der Waals surface area contributed by atoms with Gasteiger partial charge in [-0.25, -0.2) is 9.11 Å². The van der Waals surface area contributed by atoms with Crippen molar-refractivity contribution in [3.63, 3.8) is 0 Å². The largest absolute Gasteiger partial charge is 0.417 e. The number of hydrogen-bond acceptors (Lipinski definition) is 9. The van der Waals surface area contributed by atoms with Gasteiger partial charge in [0.25, 0.3) is 6.49 Å². The van der Waals surface area contributed by atoms with Crippen LogP contribution in [0.4, 0.5) is 14.6 Å². The van der Waals surface area contributed by atoms with Crippen LogP contribution in [0.25, 0.3) is 0 Å². The monoisotopic (exact) mass is 531 g/mol. The van der Waals surface area contributed by atoms with Crippen molar-refractivity contribution in [1.29, 1.82) is 0 Å². The first-order chi connectivity index (χ1) is 13.5. The van der Waals surface area contributed by atoms with E-state index in [0.29, 0.717) is 12.0 Å². The molecule has 2 unspecified atom stereocenters. The van der Waals surface area contributed by atoms with Crippen molar-refractivity contribution in [2.75, 3.05) is 12.3 Å². The zero-order valence-corrected chi connectivity index (χ0v) is 19.4. The minimum absolute atomic E-state index is 0.0637. The Kier molecular flexibility index (Phi) is 7.79. The number of ether oxygens (including phenoxy) is 1. The van der Waals surface area contributed by atoms with Crippen LogP contribution in [0.15, 0.2) is 11.0 Å². The molecule has 0 spiro atoms. The molecule has 1 aromatic heterocycles. The Morgan fingerprint density at radius 1 is 1.37 bits per heavy atom. The van der Waals surface area contributed by atoms with E-state index in [2.05, 4.69) is 32.9 Å². The fourth-order valence-corrected chi connectivity index (χ4v) is 7.98. The first-order valence-corrected chi connectivity index (χ1v) is 14.8. The summed E-state index contributed by atoms with van der Waals surface area (Å²) in [5.41, 5.74) is 5.42. The molecule has 0 radical (unpaired) electrons. The van der Waals surface area contributed by atoms with Crippen LogP contribution in [0.1, 0.15) is 24.6 Å². The van der Waals surface area contributed by atoms with Crippen molar-refractivity contribution in [1.82, 2.24) is 9.55 Å². The van der Waals surface area contributed by atoms with Crippen LogP contribution in [-0.2, 0) is 41.8 Å². The zero-order chi connectivity index (χ0) is 23.1. The van der Waals surface area contributed by atoms with E-state index in [9.17, 15) is 27.9 Å². The van der Waals surface area contributed by atoms with Crippen molar-refractivity contribution in [3.05, 3.63) is 22.2 Å². The number of anilines is 1. The van der Waals surface area contributed by atoms with Gasteiger partial charge in [0.1, 0.15) is 12.0 Å². The highest BCUT2D eigenvalue weighted by atomic mass is 32.5. The minimum atomic E-state index is -6.20. The third kappa shape index (κ3) is 5.77. The first-order valence-electron chi connectivity index (χ1n) is 7.92. The molecule has 12 nitrogen and oxygen atoms in total. The maximum atomic E-state index is 13.7. The zero-order valence-electron chi connectivity index (χ0n) is 15.1. The van der Waals surface area contributed by atoms with Crippen molar-refractivity contribution in [2.24, 2.45) is 0 Å². The predicted molar refractivity (Wildman–Crippen MR) is 108 cm³/mol. The average molecular weight is 531 g/mol. The molecule has 0 saturated carbocycles. The number of alkyl halides is 2. The highest BCUT2D eigenvalue weighted by Gasteiger charge is 2.63. The third-order valence-electron chi connectivity index (χ3n) is 3.90. The highest BCUT2D eigenvalue weighted by molar-refractivity contribution is 8.13. The summed E-state index contributed by atoms with van der Waals surface area (Å²) in [4.78, 5) is 52.5. The van der Waals surface area contributed by atoms with Crippen molar-refractivity contribution in [3.8, 4) is 0 Å². The number of aromatic nitrogens is 2. The Morgan fingerprint density at radius 2 is 1.97 bits per heavy atom. The number of rotatable bonds is 8. The Hall–Kier alpha value is -0.210. The predicted octanol–water partition coefficient (Wildman–Crippen LogP) is 1.09. The molecule has 0 aliphatic carbocycles. The Balaban J connectivity index is 2.02. The summed E-state index contributed by atoms with van der Waals surface area (Å²) >= 11 is 8.18. The molecule has 0 aromatic carbocycles. The number of halogens is 2. The molecule has 0 amide bonds. The molecule has 19 heteroatoms. The number of nitrogens with zero attached hydrogens (tertiary/aromatic N) is 2. The van der Waals surface area contributed by atoms with E-state index < -0.39 is 50.8 Å². The lowest BCUT2D eigenvalue weighted by Gasteiger charge is -2.27. The van der Waals surface area contributed by atoms with Gasteiger partial charge in [-0.3, -0.25) is 9.13 Å². The second-order valence-corrected chi connectivity index (χ2v) is 14.6. The van der Waals surface area contributed by atoms with E-state index in [1.165, 1.54) is 10.8 Å². The van der Waals surface area contributed by atoms with Crippen LogP contribution in [0.3, 0.4) is 0 Å². The maximum absolute atomic E-state index is 13.7. The quantitative estimate of drug-likeness (QED) is 0.300. The molecular weight excluding hydrogens is 513 g/mol. The summed E-state index contributed by atoms with van der Waals surface area (Å²) in [6.07, 6.45) is 0.520. The molecule has 4 atom stereocenters. The number of hydrogen-bond donors (Lipinski definition) is 5.